The molecule has 1 saturated heterocycles. The maximum atomic E-state index is 9.03. The second-order valence-electron chi connectivity index (χ2n) is 7.05. The Morgan fingerprint density at radius 3 is 2.64 bits per heavy atom. The van der Waals surface area contributed by atoms with Crippen molar-refractivity contribution in [3.63, 3.8) is 0 Å². The molecule has 3 heteroatoms. The molecule has 1 aliphatic carbocycles. The lowest BCUT2D eigenvalue weighted by atomic mass is 9.84. The Hall–Kier alpha value is -1.37. The molecule has 3 rings (SSSR count). The van der Waals surface area contributed by atoms with E-state index in [0.717, 1.165) is 25.4 Å². The zero-order chi connectivity index (χ0) is 15.2. The summed E-state index contributed by atoms with van der Waals surface area (Å²) in [6.45, 7) is 3.83. The quantitative estimate of drug-likeness (QED) is 0.821. The minimum atomic E-state index is 0.552. The summed E-state index contributed by atoms with van der Waals surface area (Å²) in [7, 11) is 0. The molecule has 1 saturated carbocycles. The maximum absolute atomic E-state index is 9.03. The van der Waals surface area contributed by atoms with Crippen LogP contribution in [-0.2, 0) is 6.42 Å². The third-order valence-electron chi connectivity index (χ3n) is 5.19. The van der Waals surface area contributed by atoms with Crippen LogP contribution in [0.5, 0.6) is 0 Å². The normalized spacial score (nSPS) is 26.3. The number of nitriles is 1. The van der Waals surface area contributed by atoms with Crippen molar-refractivity contribution in [3.8, 4) is 6.07 Å². The van der Waals surface area contributed by atoms with Gasteiger partial charge < -0.3 is 5.32 Å². The second-order valence-corrected chi connectivity index (χ2v) is 7.05. The van der Waals surface area contributed by atoms with Crippen LogP contribution in [0.25, 0.3) is 0 Å². The Balaban J connectivity index is 1.55. The Kier molecular flexibility index (Phi) is 5.48. The molecular weight excluding hydrogens is 270 g/mol. The largest absolute Gasteiger partial charge is 0.312 e. The molecule has 3 nitrogen and oxygen atoms in total. The van der Waals surface area contributed by atoms with Crippen molar-refractivity contribution >= 4 is 0 Å². The Bertz CT molecular complexity index is 489. The average Bonchev–Trinajstić information content (AvgIpc) is 2.47. The molecule has 0 amide bonds. The number of rotatable bonds is 6. The Morgan fingerprint density at radius 1 is 1.14 bits per heavy atom. The molecule has 2 unspecified atom stereocenters. The number of hydrogen-bond donors (Lipinski definition) is 1. The fourth-order valence-electron chi connectivity index (χ4n) is 3.81. The summed E-state index contributed by atoms with van der Waals surface area (Å²) in [5.74, 6) is 1.56. The zero-order valence-electron chi connectivity index (χ0n) is 13.4. The monoisotopic (exact) mass is 297 g/mol. The first-order valence-electron chi connectivity index (χ1n) is 8.70. The van der Waals surface area contributed by atoms with E-state index in [1.807, 2.05) is 0 Å². The van der Waals surface area contributed by atoms with Crippen LogP contribution in [0.2, 0.25) is 0 Å². The van der Waals surface area contributed by atoms with Crippen LogP contribution in [0.1, 0.15) is 31.2 Å². The molecule has 1 heterocycles. The van der Waals surface area contributed by atoms with Gasteiger partial charge in [0.15, 0.2) is 0 Å². The molecule has 0 spiro atoms. The van der Waals surface area contributed by atoms with Crippen LogP contribution in [0.15, 0.2) is 30.3 Å². The van der Waals surface area contributed by atoms with E-state index < -0.39 is 0 Å². The van der Waals surface area contributed by atoms with Gasteiger partial charge in [-0.25, -0.2) is 0 Å². The van der Waals surface area contributed by atoms with E-state index in [9.17, 15) is 0 Å². The molecule has 2 fully saturated rings. The van der Waals surface area contributed by atoms with Gasteiger partial charge in [-0.15, -0.1) is 0 Å². The van der Waals surface area contributed by atoms with Crippen LogP contribution in [0.3, 0.4) is 0 Å². The van der Waals surface area contributed by atoms with Crippen LogP contribution >= 0.6 is 0 Å². The number of likely N-dealkylation sites (tertiary alicyclic amines) is 1. The van der Waals surface area contributed by atoms with Gasteiger partial charge in [0, 0.05) is 19.1 Å². The Morgan fingerprint density at radius 2 is 1.95 bits per heavy atom. The second kappa shape index (κ2) is 7.76. The summed E-state index contributed by atoms with van der Waals surface area (Å²) in [4.78, 5) is 2.33. The van der Waals surface area contributed by atoms with E-state index in [1.54, 1.807) is 0 Å². The third-order valence-corrected chi connectivity index (χ3v) is 5.19. The summed E-state index contributed by atoms with van der Waals surface area (Å²) in [5.41, 5.74) is 1.42. The van der Waals surface area contributed by atoms with E-state index in [1.165, 1.54) is 37.8 Å². The summed E-state index contributed by atoms with van der Waals surface area (Å²) in [6, 6.07) is 13.6. The molecule has 0 aromatic heterocycles. The molecule has 0 bridgehead atoms. The van der Waals surface area contributed by atoms with Gasteiger partial charge in [-0.1, -0.05) is 36.8 Å². The first-order chi connectivity index (χ1) is 10.8. The third kappa shape index (κ3) is 4.32. The van der Waals surface area contributed by atoms with Crippen molar-refractivity contribution in [2.75, 3.05) is 26.2 Å². The number of nitrogens with zero attached hydrogens (tertiary/aromatic N) is 2. The van der Waals surface area contributed by atoms with Crippen molar-refractivity contribution < 1.29 is 0 Å². The van der Waals surface area contributed by atoms with Crippen LogP contribution < -0.4 is 5.32 Å². The van der Waals surface area contributed by atoms with E-state index in [4.69, 9.17) is 5.26 Å². The molecule has 1 N–H and O–H groups in total. The zero-order valence-corrected chi connectivity index (χ0v) is 13.4. The molecular formula is C19H27N3. The van der Waals surface area contributed by atoms with Crippen LogP contribution in [0, 0.1) is 23.2 Å². The van der Waals surface area contributed by atoms with E-state index >= 15 is 0 Å². The molecule has 0 radical (unpaired) electrons. The summed E-state index contributed by atoms with van der Waals surface area (Å²) in [6.07, 6.45) is 6.58. The lowest BCUT2D eigenvalue weighted by Gasteiger charge is -2.38. The number of hydrogen-bond acceptors (Lipinski definition) is 3. The highest BCUT2D eigenvalue weighted by Gasteiger charge is 2.28. The topological polar surface area (TPSA) is 39.1 Å². The number of benzene rings is 1. The number of piperidine rings is 1. The number of nitrogens with one attached hydrogen (secondary N) is 1. The van der Waals surface area contributed by atoms with E-state index in [-0.39, 0.29) is 0 Å². The maximum Gasteiger partial charge on any atom is 0.0866 e. The fourth-order valence-corrected chi connectivity index (χ4v) is 3.81. The predicted octanol–water partition coefficient (Wildman–Crippen LogP) is 2.83. The lowest BCUT2D eigenvalue weighted by Crippen LogP contribution is -2.51. The minimum absolute atomic E-state index is 0.552. The molecule has 2 atom stereocenters. The van der Waals surface area contributed by atoms with Crippen molar-refractivity contribution in [2.24, 2.45) is 11.8 Å². The van der Waals surface area contributed by atoms with Crippen LogP contribution in [0.4, 0.5) is 0 Å². The highest BCUT2D eigenvalue weighted by molar-refractivity contribution is 5.15. The average molecular weight is 297 g/mol. The molecule has 1 aromatic carbocycles. The van der Waals surface area contributed by atoms with Crippen molar-refractivity contribution in [3.05, 3.63) is 35.9 Å². The van der Waals surface area contributed by atoms with Gasteiger partial charge in [-0.2, -0.15) is 5.26 Å². The van der Waals surface area contributed by atoms with E-state index in [2.05, 4.69) is 46.6 Å². The predicted molar refractivity (Wildman–Crippen MR) is 89.4 cm³/mol. The molecule has 22 heavy (non-hydrogen) atoms. The minimum Gasteiger partial charge on any atom is -0.312 e. The molecule has 1 aliphatic heterocycles. The summed E-state index contributed by atoms with van der Waals surface area (Å²) in [5, 5.41) is 12.8. The van der Waals surface area contributed by atoms with Crippen molar-refractivity contribution in [1.82, 2.24) is 10.2 Å². The molecule has 118 valence electrons. The van der Waals surface area contributed by atoms with Gasteiger partial charge in [0.1, 0.15) is 0 Å². The van der Waals surface area contributed by atoms with Gasteiger partial charge in [-0.3, -0.25) is 4.90 Å². The highest BCUT2D eigenvalue weighted by Crippen LogP contribution is 2.26. The highest BCUT2D eigenvalue weighted by atomic mass is 15.2. The van der Waals surface area contributed by atoms with Gasteiger partial charge in [-0.05, 0) is 49.6 Å². The standard InChI is InChI=1S/C19H27N3/c20-9-10-22-14-18(11-16-5-2-1-3-6-16)12-19(15-22)21-13-17-7-4-8-17/h1-3,5-6,17-19,21H,4,7-8,10-15H2. The fraction of sp³-hybridized carbons (Fsp3) is 0.632. The smallest absolute Gasteiger partial charge is 0.0866 e. The summed E-state index contributed by atoms with van der Waals surface area (Å²) >= 11 is 0. The first kappa shape index (κ1) is 15.5. The SMILES string of the molecule is N#CCN1CC(Cc2ccccc2)CC(NCC2CCC2)C1. The van der Waals surface area contributed by atoms with Gasteiger partial charge in [0.05, 0.1) is 12.6 Å². The van der Waals surface area contributed by atoms with Crippen molar-refractivity contribution in [2.45, 2.75) is 38.1 Å². The first-order valence-corrected chi connectivity index (χ1v) is 8.70. The van der Waals surface area contributed by atoms with Crippen LogP contribution in [-0.4, -0.2) is 37.1 Å². The Labute approximate surface area is 134 Å². The van der Waals surface area contributed by atoms with Crippen molar-refractivity contribution in [1.29, 1.82) is 5.26 Å². The van der Waals surface area contributed by atoms with Gasteiger partial charge in [0.25, 0.3) is 0 Å². The molecule has 1 aromatic rings. The van der Waals surface area contributed by atoms with Gasteiger partial charge in [0.2, 0.25) is 0 Å². The van der Waals surface area contributed by atoms with E-state index in [0.29, 0.717) is 18.5 Å². The molecule has 2 aliphatic rings. The lowest BCUT2D eigenvalue weighted by molar-refractivity contribution is 0.147. The van der Waals surface area contributed by atoms with Gasteiger partial charge >= 0.3 is 0 Å². The summed E-state index contributed by atoms with van der Waals surface area (Å²) < 4.78 is 0.